The van der Waals surface area contributed by atoms with Crippen LogP contribution in [0, 0.1) is 6.92 Å². The van der Waals surface area contributed by atoms with E-state index in [0.717, 1.165) is 5.56 Å². The van der Waals surface area contributed by atoms with Gasteiger partial charge in [-0.25, -0.2) is 13.2 Å². The van der Waals surface area contributed by atoms with Crippen molar-refractivity contribution in [2.75, 3.05) is 13.2 Å². The fraction of sp³-hybridized carbons (Fsp3) is 0.222. The van der Waals surface area contributed by atoms with Crippen LogP contribution in [0.2, 0.25) is 0 Å². The van der Waals surface area contributed by atoms with Crippen molar-refractivity contribution in [2.24, 2.45) is 4.99 Å². The molecule has 0 aromatic heterocycles. The molecule has 130 valence electrons. The number of carbonyl (C=O) groups is 1. The maximum atomic E-state index is 12.0. The molecule has 0 spiro atoms. The quantitative estimate of drug-likeness (QED) is 0.656. The Morgan fingerprint density at radius 2 is 1.84 bits per heavy atom. The molecule has 0 fully saturated rings. The fourth-order valence-corrected chi connectivity index (χ4v) is 3.70. The standard InChI is InChI=1S/C18H18N2O4S/c1-13-7-9-14(10-8-13)18(21)24-12-4-11-19-17-15-5-2-3-6-16(15)25(22,23)20-17/h2-3,5-10H,4,11-12H2,1H3,(H,19,20). The largest absolute Gasteiger partial charge is 0.462 e. The number of amidine groups is 1. The number of carbonyl (C=O) groups excluding carboxylic acids is 1. The number of nitrogens with zero attached hydrogens (tertiary/aromatic N) is 1. The number of fused-ring (bicyclic) bond motifs is 1. The molecule has 1 heterocycles. The van der Waals surface area contributed by atoms with Gasteiger partial charge in [0.05, 0.1) is 17.1 Å². The molecule has 0 atom stereocenters. The zero-order valence-electron chi connectivity index (χ0n) is 13.7. The van der Waals surface area contributed by atoms with Gasteiger partial charge in [-0.1, -0.05) is 29.8 Å². The summed E-state index contributed by atoms with van der Waals surface area (Å²) in [5, 5.41) is 0. The summed E-state index contributed by atoms with van der Waals surface area (Å²) in [7, 11) is -3.52. The van der Waals surface area contributed by atoms with Crippen LogP contribution in [-0.2, 0) is 14.8 Å². The first-order valence-corrected chi connectivity index (χ1v) is 9.36. The highest BCUT2D eigenvalue weighted by Gasteiger charge is 2.29. The number of sulfonamides is 1. The van der Waals surface area contributed by atoms with Crippen LogP contribution in [0.3, 0.4) is 0 Å². The van der Waals surface area contributed by atoms with E-state index in [9.17, 15) is 13.2 Å². The Balaban J connectivity index is 1.53. The third-order valence-electron chi connectivity index (χ3n) is 3.76. The smallest absolute Gasteiger partial charge is 0.338 e. The third-order valence-corrected chi connectivity index (χ3v) is 5.15. The van der Waals surface area contributed by atoms with E-state index >= 15 is 0 Å². The highest BCUT2D eigenvalue weighted by atomic mass is 32.2. The van der Waals surface area contributed by atoms with E-state index in [1.165, 1.54) is 0 Å². The number of esters is 1. The lowest BCUT2D eigenvalue weighted by molar-refractivity contribution is 0.0503. The monoisotopic (exact) mass is 358 g/mol. The number of benzene rings is 2. The van der Waals surface area contributed by atoms with Gasteiger partial charge in [0.2, 0.25) is 0 Å². The lowest BCUT2D eigenvalue weighted by Gasteiger charge is -2.04. The predicted octanol–water partition coefficient (Wildman–Crippen LogP) is 2.28. The van der Waals surface area contributed by atoms with E-state index in [4.69, 9.17) is 4.74 Å². The Hall–Kier alpha value is -2.67. The first-order chi connectivity index (χ1) is 12.0. The van der Waals surface area contributed by atoms with Crippen LogP contribution >= 0.6 is 0 Å². The molecule has 2 aromatic rings. The minimum absolute atomic E-state index is 0.220. The zero-order chi connectivity index (χ0) is 17.9. The summed E-state index contributed by atoms with van der Waals surface area (Å²) in [5.74, 6) is -0.0416. The number of ether oxygens (including phenoxy) is 1. The topological polar surface area (TPSA) is 84.8 Å². The van der Waals surface area contributed by atoms with Gasteiger partial charge in [0.15, 0.2) is 0 Å². The lowest BCUT2D eigenvalue weighted by atomic mass is 10.1. The number of hydrogen-bond donors (Lipinski definition) is 1. The minimum atomic E-state index is -3.52. The molecule has 0 radical (unpaired) electrons. The summed E-state index contributed by atoms with van der Waals surface area (Å²) >= 11 is 0. The van der Waals surface area contributed by atoms with Gasteiger partial charge in [-0.2, -0.15) is 0 Å². The van der Waals surface area contributed by atoms with E-state index < -0.39 is 10.0 Å². The van der Waals surface area contributed by atoms with E-state index in [1.54, 1.807) is 36.4 Å². The van der Waals surface area contributed by atoms with Crippen LogP contribution < -0.4 is 4.72 Å². The van der Waals surface area contributed by atoms with Crippen molar-refractivity contribution in [1.29, 1.82) is 0 Å². The average molecular weight is 358 g/mol. The Morgan fingerprint density at radius 3 is 2.60 bits per heavy atom. The molecular formula is C18H18N2O4S. The maximum absolute atomic E-state index is 12.0. The van der Waals surface area contributed by atoms with Gasteiger partial charge in [0, 0.05) is 18.5 Å². The number of aryl methyl sites for hydroxylation is 1. The molecule has 3 rings (SSSR count). The lowest BCUT2D eigenvalue weighted by Crippen LogP contribution is -2.22. The Bertz CT molecular complexity index is 918. The van der Waals surface area contributed by atoms with E-state index in [1.807, 2.05) is 19.1 Å². The summed E-state index contributed by atoms with van der Waals surface area (Å²) in [4.78, 5) is 16.4. The molecule has 0 aliphatic carbocycles. The normalized spacial score (nSPS) is 16.3. The molecule has 0 bridgehead atoms. The minimum Gasteiger partial charge on any atom is -0.462 e. The first-order valence-electron chi connectivity index (χ1n) is 7.88. The Morgan fingerprint density at radius 1 is 1.12 bits per heavy atom. The second kappa shape index (κ2) is 7.06. The van der Waals surface area contributed by atoms with Gasteiger partial charge >= 0.3 is 5.97 Å². The number of rotatable bonds is 5. The van der Waals surface area contributed by atoms with Crippen LogP contribution in [0.4, 0.5) is 0 Å². The Labute approximate surface area is 146 Å². The molecule has 0 unspecified atom stereocenters. The summed E-state index contributed by atoms with van der Waals surface area (Å²) in [6.07, 6.45) is 0.505. The van der Waals surface area contributed by atoms with E-state index in [-0.39, 0.29) is 17.5 Å². The van der Waals surface area contributed by atoms with Crippen molar-refractivity contribution in [1.82, 2.24) is 4.72 Å². The van der Waals surface area contributed by atoms with Gasteiger partial charge < -0.3 is 4.74 Å². The molecule has 2 aromatic carbocycles. The number of nitrogens with one attached hydrogen (secondary N) is 1. The zero-order valence-corrected chi connectivity index (χ0v) is 14.5. The van der Waals surface area contributed by atoms with Crippen LogP contribution in [-0.4, -0.2) is 33.4 Å². The van der Waals surface area contributed by atoms with Crippen molar-refractivity contribution in [3.63, 3.8) is 0 Å². The number of aliphatic imine (C=N–C) groups is 1. The molecular weight excluding hydrogens is 340 g/mol. The van der Waals surface area contributed by atoms with Crippen molar-refractivity contribution in [2.45, 2.75) is 18.2 Å². The van der Waals surface area contributed by atoms with Crippen LogP contribution in [0.5, 0.6) is 0 Å². The highest BCUT2D eigenvalue weighted by molar-refractivity contribution is 7.90. The number of hydrogen-bond acceptors (Lipinski definition) is 5. The molecule has 1 aliphatic rings. The first kappa shape index (κ1) is 17.2. The Kier molecular flexibility index (Phi) is 4.85. The third kappa shape index (κ3) is 3.88. The maximum Gasteiger partial charge on any atom is 0.338 e. The van der Waals surface area contributed by atoms with Crippen LogP contribution in [0.25, 0.3) is 0 Å². The van der Waals surface area contributed by atoms with Crippen LogP contribution in [0.15, 0.2) is 58.4 Å². The van der Waals surface area contributed by atoms with Crippen molar-refractivity contribution in [3.05, 3.63) is 65.2 Å². The molecule has 0 saturated heterocycles. The van der Waals surface area contributed by atoms with Gasteiger partial charge in [0.1, 0.15) is 5.84 Å². The van der Waals surface area contributed by atoms with Crippen molar-refractivity contribution < 1.29 is 17.9 Å². The summed E-state index contributed by atoms with van der Waals surface area (Å²) < 4.78 is 31.6. The van der Waals surface area contributed by atoms with E-state index in [2.05, 4.69) is 9.71 Å². The predicted molar refractivity (Wildman–Crippen MR) is 94.2 cm³/mol. The SMILES string of the molecule is Cc1ccc(C(=O)OCCCN=C2NS(=O)(=O)c3ccccc32)cc1. The second-order valence-corrected chi connectivity index (χ2v) is 7.34. The highest BCUT2D eigenvalue weighted by Crippen LogP contribution is 2.22. The molecule has 1 aliphatic heterocycles. The molecule has 6 nitrogen and oxygen atoms in total. The molecule has 0 saturated carbocycles. The van der Waals surface area contributed by atoms with Gasteiger partial charge in [-0.05, 0) is 31.2 Å². The summed E-state index contributed by atoms with van der Waals surface area (Å²) in [5.41, 5.74) is 2.15. The molecule has 0 amide bonds. The van der Waals surface area contributed by atoms with Gasteiger partial charge in [0.25, 0.3) is 10.0 Å². The fourth-order valence-electron chi connectivity index (χ4n) is 2.44. The summed E-state index contributed by atoms with van der Waals surface area (Å²) in [6.45, 7) is 2.52. The van der Waals surface area contributed by atoms with Crippen LogP contribution in [0.1, 0.15) is 27.9 Å². The second-order valence-electron chi connectivity index (χ2n) is 5.69. The molecule has 1 N–H and O–H groups in total. The summed E-state index contributed by atoms with van der Waals surface area (Å²) in [6, 6.07) is 13.8. The average Bonchev–Trinajstić information content (AvgIpc) is 2.86. The van der Waals surface area contributed by atoms with Crippen molar-refractivity contribution >= 4 is 21.8 Å². The molecule has 7 heteroatoms. The molecule has 25 heavy (non-hydrogen) atoms. The van der Waals surface area contributed by atoms with Crippen molar-refractivity contribution in [3.8, 4) is 0 Å². The van der Waals surface area contributed by atoms with E-state index in [0.29, 0.717) is 29.9 Å². The van der Waals surface area contributed by atoms with Gasteiger partial charge in [-0.3, -0.25) is 9.71 Å². The van der Waals surface area contributed by atoms with Gasteiger partial charge in [-0.15, -0.1) is 0 Å².